The van der Waals surface area contributed by atoms with Crippen molar-refractivity contribution >= 4 is 22.0 Å². The first-order chi connectivity index (χ1) is 6.01. The molecule has 0 unspecified atom stereocenters. The third-order valence-corrected chi connectivity index (χ3v) is 4.14. The minimum atomic E-state index is -3.50. The Morgan fingerprint density at radius 1 is 1.31 bits per heavy atom. The van der Waals surface area contributed by atoms with Crippen LogP contribution in [0.4, 0.5) is 0 Å². The van der Waals surface area contributed by atoms with E-state index in [1.807, 2.05) is 11.8 Å². The van der Waals surface area contributed by atoms with E-state index < -0.39 is 10.2 Å². The molecule has 0 aromatic rings. The molecule has 0 saturated heterocycles. The van der Waals surface area contributed by atoms with Crippen molar-refractivity contribution in [2.45, 2.75) is 37.0 Å². The summed E-state index contributed by atoms with van der Waals surface area (Å²) in [5, 5.41) is 5.58. The molecule has 0 bridgehead atoms. The van der Waals surface area contributed by atoms with Crippen LogP contribution in [-0.4, -0.2) is 26.0 Å². The van der Waals surface area contributed by atoms with E-state index in [4.69, 9.17) is 5.14 Å². The maximum absolute atomic E-state index is 10.7. The number of hydrogen-bond acceptors (Lipinski definition) is 3. The first kappa shape index (κ1) is 11.3. The normalized spacial score (nSPS) is 30.3. The van der Waals surface area contributed by atoms with E-state index in [0.29, 0.717) is 5.25 Å². The summed E-state index contributed by atoms with van der Waals surface area (Å²) >= 11 is 1.86. The topological polar surface area (TPSA) is 72.2 Å². The molecule has 0 heterocycles. The third-order valence-electron chi connectivity index (χ3n) is 2.34. The molecular weight excluding hydrogens is 208 g/mol. The molecule has 0 spiro atoms. The summed E-state index contributed by atoms with van der Waals surface area (Å²) in [5.74, 6) is 0. The van der Waals surface area contributed by atoms with E-state index >= 15 is 0 Å². The quantitative estimate of drug-likeness (QED) is 0.731. The fourth-order valence-corrected chi connectivity index (χ4v) is 3.09. The van der Waals surface area contributed by atoms with Gasteiger partial charge in [0.25, 0.3) is 10.2 Å². The van der Waals surface area contributed by atoms with Crippen LogP contribution in [0.1, 0.15) is 25.7 Å². The largest absolute Gasteiger partial charge is 0.274 e. The van der Waals surface area contributed by atoms with Gasteiger partial charge in [-0.15, -0.1) is 0 Å². The molecule has 3 N–H and O–H groups in total. The van der Waals surface area contributed by atoms with Crippen molar-refractivity contribution < 1.29 is 8.42 Å². The molecule has 6 heteroatoms. The molecule has 1 saturated carbocycles. The Morgan fingerprint density at radius 3 is 2.23 bits per heavy atom. The van der Waals surface area contributed by atoms with Crippen LogP contribution in [0, 0.1) is 0 Å². The predicted octanol–water partition coefficient (Wildman–Crippen LogP) is 0.454. The lowest BCUT2D eigenvalue weighted by Crippen LogP contribution is -2.41. The van der Waals surface area contributed by atoms with Crippen molar-refractivity contribution in [3.63, 3.8) is 0 Å². The molecule has 1 rings (SSSR count). The van der Waals surface area contributed by atoms with E-state index in [1.54, 1.807) is 0 Å². The van der Waals surface area contributed by atoms with E-state index in [9.17, 15) is 8.42 Å². The zero-order valence-electron chi connectivity index (χ0n) is 7.69. The number of hydrogen-bond donors (Lipinski definition) is 2. The molecule has 13 heavy (non-hydrogen) atoms. The van der Waals surface area contributed by atoms with Gasteiger partial charge in [-0.2, -0.15) is 24.9 Å². The molecule has 0 aliphatic heterocycles. The van der Waals surface area contributed by atoms with Gasteiger partial charge in [0.2, 0.25) is 0 Å². The Bertz CT molecular complexity index is 245. The van der Waals surface area contributed by atoms with E-state index in [1.165, 1.54) is 0 Å². The molecule has 1 aliphatic rings. The molecule has 0 radical (unpaired) electrons. The molecule has 0 atom stereocenters. The van der Waals surface area contributed by atoms with Crippen molar-refractivity contribution in [2.24, 2.45) is 5.14 Å². The first-order valence-corrected chi connectivity index (χ1v) is 7.17. The molecule has 78 valence electrons. The Labute approximate surface area is 83.8 Å². The number of thioether (sulfide) groups is 1. The second-order valence-corrected chi connectivity index (χ2v) is 5.84. The van der Waals surface area contributed by atoms with Gasteiger partial charge in [0.05, 0.1) is 0 Å². The Kier molecular flexibility index (Phi) is 4.03. The summed E-state index contributed by atoms with van der Waals surface area (Å²) in [7, 11) is -3.50. The maximum Gasteiger partial charge on any atom is 0.274 e. The monoisotopic (exact) mass is 224 g/mol. The van der Waals surface area contributed by atoms with Crippen LogP contribution in [0.2, 0.25) is 0 Å². The van der Waals surface area contributed by atoms with Gasteiger partial charge in [-0.05, 0) is 31.9 Å². The summed E-state index contributed by atoms with van der Waals surface area (Å²) < 4.78 is 23.9. The lowest BCUT2D eigenvalue weighted by Gasteiger charge is -2.27. The van der Waals surface area contributed by atoms with Gasteiger partial charge in [0.15, 0.2) is 0 Å². The van der Waals surface area contributed by atoms with Gasteiger partial charge in [0.1, 0.15) is 0 Å². The SMILES string of the molecule is CSC1CCC(NS(N)(=O)=O)CC1. The molecule has 1 aliphatic carbocycles. The van der Waals surface area contributed by atoms with Crippen molar-refractivity contribution in [1.82, 2.24) is 4.72 Å². The van der Waals surface area contributed by atoms with E-state index in [0.717, 1.165) is 25.7 Å². The highest BCUT2D eigenvalue weighted by atomic mass is 32.2. The van der Waals surface area contributed by atoms with Gasteiger partial charge in [0, 0.05) is 11.3 Å². The van der Waals surface area contributed by atoms with Crippen molar-refractivity contribution in [3.8, 4) is 0 Å². The molecule has 1 fully saturated rings. The summed E-state index contributed by atoms with van der Waals surface area (Å²) in [6.45, 7) is 0. The highest BCUT2D eigenvalue weighted by molar-refractivity contribution is 7.99. The van der Waals surface area contributed by atoms with Gasteiger partial charge in [-0.1, -0.05) is 0 Å². The van der Waals surface area contributed by atoms with Crippen LogP contribution in [0.15, 0.2) is 0 Å². The first-order valence-electron chi connectivity index (χ1n) is 4.34. The highest BCUT2D eigenvalue weighted by Crippen LogP contribution is 2.26. The van der Waals surface area contributed by atoms with Crippen LogP contribution < -0.4 is 9.86 Å². The van der Waals surface area contributed by atoms with E-state index in [-0.39, 0.29) is 6.04 Å². The molecule has 0 aromatic heterocycles. The van der Waals surface area contributed by atoms with Gasteiger partial charge < -0.3 is 0 Å². The van der Waals surface area contributed by atoms with Gasteiger partial charge >= 0.3 is 0 Å². The Hall–Kier alpha value is 0.220. The Morgan fingerprint density at radius 2 is 1.85 bits per heavy atom. The lowest BCUT2D eigenvalue weighted by atomic mass is 9.96. The summed E-state index contributed by atoms with van der Waals surface area (Å²) in [6.07, 6.45) is 6.06. The summed E-state index contributed by atoms with van der Waals surface area (Å²) in [4.78, 5) is 0. The minimum absolute atomic E-state index is 0.0541. The van der Waals surface area contributed by atoms with Gasteiger partial charge in [-0.3, -0.25) is 0 Å². The van der Waals surface area contributed by atoms with Crippen LogP contribution in [-0.2, 0) is 10.2 Å². The van der Waals surface area contributed by atoms with Crippen LogP contribution in [0.25, 0.3) is 0 Å². The number of nitrogens with one attached hydrogen (secondary N) is 1. The zero-order valence-corrected chi connectivity index (χ0v) is 9.33. The standard InChI is InChI=1S/C7H16N2O2S2/c1-12-7-4-2-6(3-5-7)9-13(8,10)11/h6-7,9H,2-5H2,1H3,(H2,8,10,11). The lowest BCUT2D eigenvalue weighted by molar-refractivity contribution is 0.420. The smallest absolute Gasteiger partial charge is 0.216 e. The summed E-state index contributed by atoms with van der Waals surface area (Å²) in [6, 6.07) is 0.0541. The second-order valence-electron chi connectivity index (χ2n) is 3.37. The fourth-order valence-electron chi connectivity index (χ4n) is 1.65. The maximum atomic E-state index is 10.7. The Balaban J connectivity index is 2.33. The minimum Gasteiger partial charge on any atom is -0.216 e. The van der Waals surface area contributed by atoms with E-state index in [2.05, 4.69) is 11.0 Å². The molecule has 4 nitrogen and oxygen atoms in total. The third kappa shape index (κ3) is 4.30. The van der Waals surface area contributed by atoms with Gasteiger partial charge in [-0.25, -0.2) is 5.14 Å². The average Bonchev–Trinajstić information content (AvgIpc) is 2.03. The molecule has 0 aromatic carbocycles. The number of nitrogens with two attached hydrogens (primary N) is 1. The highest BCUT2D eigenvalue weighted by Gasteiger charge is 2.22. The zero-order chi connectivity index (χ0) is 9.90. The number of rotatable bonds is 3. The average molecular weight is 224 g/mol. The van der Waals surface area contributed by atoms with Crippen molar-refractivity contribution in [3.05, 3.63) is 0 Å². The van der Waals surface area contributed by atoms with Crippen molar-refractivity contribution in [1.29, 1.82) is 0 Å². The van der Waals surface area contributed by atoms with Crippen LogP contribution in [0.3, 0.4) is 0 Å². The molecular formula is C7H16N2O2S2. The van der Waals surface area contributed by atoms with Crippen LogP contribution >= 0.6 is 11.8 Å². The van der Waals surface area contributed by atoms with Crippen molar-refractivity contribution in [2.75, 3.05) is 6.26 Å². The predicted molar refractivity (Wildman–Crippen MR) is 55.8 cm³/mol. The molecule has 0 amide bonds. The second kappa shape index (κ2) is 4.63. The van der Waals surface area contributed by atoms with Crippen LogP contribution in [0.5, 0.6) is 0 Å². The summed E-state index contributed by atoms with van der Waals surface area (Å²) in [5.41, 5.74) is 0. The fraction of sp³-hybridized carbons (Fsp3) is 1.00.